The Bertz CT molecular complexity index is 763. The van der Waals surface area contributed by atoms with Gasteiger partial charge in [0.05, 0.1) is 22.9 Å². The van der Waals surface area contributed by atoms with Gasteiger partial charge in [-0.1, -0.05) is 35.9 Å². The Hall–Kier alpha value is -1.66. The molecule has 6 heteroatoms. The van der Waals surface area contributed by atoms with E-state index in [-0.39, 0.29) is 6.04 Å². The first-order chi connectivity index (χ1) is 9.95. The van der Waals surface area contributed by atoms with E-state index < -0.39 is 10.0 Å². The maximum Gasteiger partial charge on any atom is 0.247 e. The van der Waals surface area contributed by atoms with Gasteiger partial charge >= 0.3 is 0 Å². The van der Waals surface area contributed by atoms with Crippen LogP contribution in [0.15, 0.2) is 46.9 Å². The van der Waals surface area contributed by atoms with E-state index in [9.17, 15) is 8.42 Å². The lowest BCUT2D eigenvalue weighted by atomic mass is 10.0. The third kappa shape index (κ3) is 2.87. The van der Waals surface area contributed by atoms with Gasteiger partial charge < -0.3 is 0 Å². The minimum absolute atomic E-state index is 0.252. The zero-order valence-electron chi connectivity index (χ0n) is 11.9. The van der Waals surface area contributed by atoms with Crippen LogP contribution in [0, 0.1) is 6.92 Å². The second-order valence-corrected chi connectivity index (χ2v) is 7.98. The molecule has 0 saturated heterocycles. The highest BCUT2D eigenvalue weighted by molar-refractivity contribution is 7.88. The summed E-state index contributed by atoms with van der Waals surface area (Å²) in [5.74, 6) is 0. The van der Waals surface area contributed by atoms with Crippen LogP contribution in [0.3, 0.4) is 0 Å². The van der Waals surface area contributed by atoms with E-state index in [0.717, 1.165) is 21.7 Å². The Morgan fingerprint density at radius 3 is 2.52 bits per heavy atom. The first-order valence-corrected chi connectivity index (χ1v) is 9.35. The second-order valence-electron chi connectivity index (χ2n) is 5.19. The first kappa shape index (κ1) is 14.3. The Morgan fingerprint density at radius 1 is 1.24 bits per heavy atom. The lowest BCUT2D eigenvalue weighted by molar-refractivity contribution is 0.375. The Kier molecular flexibility index (Phi) is 3.59. The van der Waals surface area contributed by atoms with Crippen LogP contribution in [0.4, 0.5) is 0 Å². The highest BCUT2D eigenvalue weighted by atomic mass is 32.2. The van der Waals surface area contributed by atoms with E-state index in [2.05, 4.69) is 5.10 Å². The van der Waals surface area contributed by atoms with Crippen LogP contribution in [-0.4, -0.2) is 24.8 Å². The first-order valence-electron chi connectivity index (χ1n) is 6.62. The van der Waals surface area contributed by atoms with Gasteiger partial charge in [-0.3, -0.25) is 0 Å². The van der Waals surface area contributed by atoms with Gasteiger partial charge in [-0.2, -0.15) is 9.52 Å². The molecule has 0 fully saturated rings. The molecule has 0 N–H and O–H groups in total. The third-order valence-corrected chi connectivity index (χ3v) is 5.41. The van der Waals surface area contributed by atoms with E-state index in [4.69, 9.17) is 0 Å². The molecule has 1 aliphatic heterocycles. The summed E-state index contributed by atoms with van der Waals surface area (Å²) in [5.41, 5.74) is 2.96. The van der Waals surface area contributed by atoms with Crippen LogP contribution in [0.25, 0.3) is 0 Å². The van der Waals surface area contributed by atoms with Crippen LogP contribution in [0.2, 0.25) is 0 Å². The van der Waals surface area contributed by atoms with Gasteiger partial charge in [0.1, 0.15) is 0 Å². The van der Waals surface area contributed by atoms with Crippen LogP contribution in [-0.2, 0) is 10.0 Å². The molecule has 0 spiro atoms. The van der Waals surface area contributed by atoms with Gasteiger partial charge in [0.2, 0.25) is 10.0 Å². The minimum Gasteiger partial charge on any atom is -0.205 e. The summed E-state index contributed by atoms with van der Waals surface area (Å²) in [4.78, 5) is 1.03. The van der Waals surface area contributed by atoms with Gasteiger partial charge in [-0.05, 0) is 23.9 Å². The standard InChI is InChI=1S/C15H16N2O2S2/c1-11-5-7-12(8-6-11)14-10-13(15-4-3-9-20-15)16-17(14)21(2,18)19/h3-9,14H,10H2,1-2H3/t14-/m1/s1. The summed E-state index contributed by atoms with van der Waals surface area (Å²) < 4.78 is 25.3. The normalized spacial score (nSPS) is 18.9. The number of hydrogen-bond donors (Lipinski definition) is 0. The van der Waals surface area contributed by atoms with E-state index in [1.54, 1.807) is 11.3 Å². The van der Waals surface area contributed by atoms with Crippen molar-refractivity contribution in [3.63, 3.8) is 0 Å². The fourth-order valence-corrected chi connectivity index (χ4v) is 4.05. The highest BCUT2D eigenvalue weighted by Gasteiger charge is 2.34. The van der Waals surface area contributed by atoms with Crippen molar-refractivity contribution >= 4 is 27.1 Å². The summed E-state index contributed by atoms with van der Waals surface area (Å²) in [7, 11) is -3.38. The van der Waals surface area contributed by atoms with Gasteiger partial charge in [0.15, 0.2) is 0 Å². The summed E-state index contributed by atoms with van der Waals surface area (Å²) >= 11 is 1.58. The number of hydrazone groups is 1. The Labute approximate surface area is 128 Å². The molecule has 110 valence electrons. The van der Waals surface area contributed by atoms with Crippen molar-refractivity contribution in [2.75, 3.05) is 6.26 Å². The predicted octanol–water partition coefficient (Wildman–Crippen LogP) is 3.17. The van der Waals surface area contributed by atoms with E-state index >= 15 is 0 Å². The zero-order chi connectivity index (χ0) is 15.0. The molecular formula is C15H16N2O2S2. The number of benzene rings is 1. The lowest BCUT2D eigenvalue weighted by Gasteiger charge is -2.21. The summed E-state index contributed by atoms with van der Waals surface area (Å²) in [5, 5.41) is 6.33. The largest absolute Gasteiger partial charge is 0.247 e. The number of rotatable bonds is 3. The molecule has 0 amide bonds. The van der Waals surface area contributed by atoms with E-state index in [0.29, 0.717) is 6.42 Å². The number of aryl methyl sites for hydroxylation is 1. The Morgan fingerprint density at radius 2 is 1.95 bits per heavy atom. The summed E-state index contributed by atoms with van der Waals surface area (Å²) in [6.07, 6.45) is 1.81. The van der Waals surface area contributed by atoms with E-state index in [1.165, 1.54) is 10.7 Å². The molecule has 0 bridgehead atoms. The number of sulfonamides is 1. The smallest absolute Gasteiger partial charge is 0.205 e. The molecule has 1 aromatic heterocycles. The van der Waals surface area contributed by atoms with Crippen molar-refractivity contribution < 1.29 is 8.42 Å². The molecule has 1 aromatic carbocycles. The molecule has 4 nitrogen and oxygen atoms in total. The predicted molar refractivity (Wildman–Crippen MR) is 86.1 cm³/mol. The summed E-state index contributed by atoms with van der Waals surface area (Å²) in [6.45, 7) is 2.01. The van der Waals surface area contributed by atoms with Crippen molar-refractivity contribution in [2.45, 2.75) is 19.4 Å². The SMILES string of the molecule is Cc1ccc([C@H]2CC(c3cccs3)=NN2S(C)(=O)=O)cc1. The van der Waals surface area contributed by atoms with Crippen molar-refractivity contribution in [3.05, 3.63) is 57.8 Å². The Balaban J connectivity index is 2.00. The molecule has 0 unspecified atom stereocenters. The fourth-order valence-electron chi connectivity index (χ4n) is 2.42. The fraction of sp³-hybridized carbons (Fsp3) is 0.267. The number of nitrogens with zero attached hydrogens (tertiary/aromatic N) is 2. The molecule has 2 aromatic rings. The molecule has 0 aliphatic carbocycles. The van der Waals surface area contributed by atoms with Crippen LogP contribution < -0.4 is 0 Å². The molecule has 21 heavy (non-hydrogen) atoms. The third-order valence-electron chi connectivity index (χ3n) is 3.48. The van der Waals surface area contributed by atoms with Gasteiger partial charge in [-0.25, -0.2) is 8.42 Å². The lowest BCUT2D eigenvalue weighted by Crippen LogP contribution is -2.25. The maximum absolute atomic E-state index is 12.0. The number of thiophene rings is 1. The van der Waals surface area contributed by atoms with Gasteiger partial charge in [0, 0.05) is 6.42 Å². The van der Waals surface area contributed by atoms with Crippen molar-refractivity contribution in [1.29, 1.82) is 0 Å². The summed E-state index contributed by atoms with van der Waals surface area (Å²) in [6, 6.07) is 11.6. The van der Waals surface area contributed by atoms with Crippen molar-refractivity contribution in [3.8, 4) is 0 Å². The molecule has 0 saturated carbocycles. The van der Waals surface area contributed by atoms with Gasteiger partial charge in [-0.15, -0.1) is 11.3 Å². The monoisotopic (exact) mass is 320 g/mol. The van der Waals surface area contributed by atoms with Gasteiger partial charge in [0.25, 0.3) is 0 Å². The molecule has 2 heterocycles. The van der Waals surface area contributed by atoms with E-state index in [1.807, 2.05) is 48.7 Å². The zero-order valence-corrected chi connectivity index (χ0v) is 13.5. The second kappa shape index (κ2) is 5.27. The topological polar surface area (TPSA) is 49.7 Å². The quantitative estimate of drug-likeness (QED) is 0.872. The maximum atomic E-state index is 12.0. The molecule has 3 rings (SSSR count). The number of hydrogen-bond acceptors (Lipinski definition) is 4. The molecule has 0 radical (unpaired) electrons. The van der Waals surface area contributed by atoms with Crippen LogP contribution >= 0.6 is 11.3 Å². The molecular weight excluding hydrogens is 304 g/mol. The van der Waals surface area contributed by atoms with Crippen LogP contribution in [0.5, 0.6) is 0 Å². The van der Waals surface area contributed by atoms with Crippen LogP contribution in [0.1, 0.15) is 28.5 Å². The average molecular weight is 320 g/mol. The molecule has 1 aliphatic rings. The minimum atomic E-state index is -3.38. The average Bonchev–Trinajstić information content (AvgIpc) is 3.07. The highest BCUT2D eigenvalue weighted by Crippen LogP contribution is 2.35. The van der Waals surface area contributed by atoms with Crippen molar-refractivity contribution in [1.82, 2.24) is 4.41 Å². The molecule has 1 atom stereocenters. The van der Waals surface area contributed by atoms with Crippen molar-refractivity contribution in [2.24, 2.45) is 5.10 Å².